The molecule has 3 aromatic rings. The number of benzene rings is 3. The second kappa shape index (κ2) is 12.2. The molecular weight excluding hydrogens is 476 g/mol. The average molecular weight is 511 g/mol. The van der Waals surface area contributed by atoms with Gasteiger partial charge in [0.05, 0.1) is 30.9 Å². The van der Waals surface area contributed by atoms with Crippen molar-refractivity contribution in [1.82, 2.24) is 9.80 Å². The number of fused-ring (bicyclic) bond motifs is 1. The van der Waals surface area contributed by atoms with Crippen LogP contribution < -0.4 is 5.73 Å². The number of nitrogens with zero attached hydrogens (tertiary/aromatic N) is 3. The molecule has 0 unspecified atom stereocenters. The standard InChI is InChI=1S/C31H34N4O3/c32-29(33-16-3-17-34-18-20-38-21-19-34)26-14-12-24(13-15-26)7-6-23-8-10-25(11-9-23)22-35-30(36)27-4-1-2-5-28(27)31(35)37/h1-2,4-5,8-15H,3,6-7,16-22H2,(H2,32,33). The maximum Gasteiger partial charge on any atom is 0.261 e. The molecule has 38 heavy (non-hydrogen) atoms. The minimum atomic E-state index is -0.225. The van der Waals surface area contributed by atoms with Crippen LogP contribution in [0.4, 0.5) is 0 Å². The van der Waals surface area contributed by atoms with E-state index >= 15 is 0 Å². The number of amides is 2. The van der Waals surface area contributed by atoms with Crippen molar-refractivity contribution in [2.75, 3.05) is 39.4 Å². The molecule has 1 saturated heterocycles. The van der Waals surface area contributed by atoms with Crippen LogP contribution in [0.15, 0.2) is 77.8 Å². The summed E-state index contributed by atoms with van der Waals surface area (Å²) < 4.78 is 5.39. The van der Waals surface area contributed by atoms with Gasteiger partial charge in [-0.1, -0.05) is 60.7 Å². The Balaban J connectivity index is 1.08. The Labute approximate surface area is 223 Å². The average Bonchev–Trinajstić information content (AvgIpc) is 3.20. The lowest BCUT2D eigenvalue weighted by Crippen LogP contribution is -2.37. The number of aliphatic imine (C=N–C) groups is 1. The molecule has 0 saturated carbocycles. The molecule has 2 aliphatic rings. The third kappa shape index (κ3) is 6.18. The third-order valence-corrected chi connectivity index (χ3v) is 7.21. The van der Waals surface area contributed by atoms with Crippen LogP contribution in [-0.2, 0) is 24.1 Å². The fourth-order valence-electron chi connectivity index (χ4n) is 4.92. The maximum atomic E-state index is 12.6. The second-order valence-electron chi connectivity index (χ2n) is 9.83. The minimum Gasteiger partial charge on any atom is -0.384 e. The summed E-state index contributed by atoms with van der Waals surface area (Å²) in [7, 11) is 0. The molecule has 7 heteroatoms. The van der Waals surface area contributed by atoms with E-state index in [0.29, 0.717) is 17.0 Å². The number of ether oxygens (including phenoxy) is 1. The first kappa shape index (κ1) is 25.8. The van der Waals surface area contributed by atoms with E-state index in [1.807, 2.05) is 24.3 Å². The Morgan fingerprint density at radius 3 is 1.95 bits per heavy atom. The van der Waals surface area contributed by atoms with Crippen molar-refractivity contribution < 1.29 is 14.3 Å². The number of imide groups is 1. The summed E-state index contributed by atoms with van der Waals surface area (Å²) in [5.74, 6) is 0.140. The second-order valence-corrected chi connectivity index (χ2v) is 9.83. The molecule has 0 spiro atoms. The first-order valence-electron chi connectivity index (χ1n) is 13.3. The van der Waals surface area contributed by atoms with Gasteiger partial charge in [-0.15, -0.1) is 0 Å². The zero-order valence-corrected chi connectivity index (χ0v) is 21.6. The molecule has 0 aliphatic carbocycles. The van der Waals surface area contributed by atoms with Gasteiger partial charge in [-0.05, 0) is 48.1 Å². The molecule has 196 valence electrons. The van der Waals surface area contributed by atoms with Gasteiger partial charge < -0.3 is 10.5 Å². The zero-order valence-electron chi connectivity index (χ0n) is 21.6. The van der Waals surface area contributed by atoms with Crippen molar-refractivity contribution in [3.63, 3.8) is 0 Å². The summed E-state index contributed by atoms with van der Waals surface area (Å²) in [6, 6.07) is 23.4. The number of rotatable bonds is 10. The van der Waals surface area contributed by atoms with E-state index in [4.69, 9.17) is 10.5 Å². The maximum absolute atomic E-state index is 12.6. The summed E-state index contributed by atoms with van der Waals surface area (Å²) >= 11 is 0. The molecule has 7 nitrogen and oxygen atoms in total. The number of carbonyl (C=O) groups excluding carboxylic acids is 2. The largest absolute Gasteiger partial charge is 0.384 e. The molecule has 2 heterocycles. The van der Waals surface area contributed by atoms with E-state index < -0.39 is 0 Å². The molecule has 0 bridgehead atoms. The molecular formula is C31H34N4O3. The van der Waals surface area contributed by atoms with E-state index in [-0.39, 0.29) is 18.4 Å². The first-order valence-corrected chi connectivity index (χ1v) is 13.3. The van der Waals surface area contributed by atoms with Crippen LogP contribution in [0.3, 0.4) is 0 Å². The summed E-state index contributed by atoms with van der Waals surface area (Å²) in [4.78, 5) is 33.5. The molecule has 5 rings (SSSR count). The molecule has 1 fully saturated rings. The van der Waals surface area contributed by atoms with Crippen LogP contribution in [-0.4, -0.2) is 66.8 Å². The SMILES string of the molecule is NC(=NCCCN1CCOCC1)c1ccc(CCc2ccc(CN3C(=O)c4ccccc4C3=O)cc2)cc1. The molecule has 3 aromatic carbocycles. The Kier molecular flexibility index (Phi) is 8.26. The Morgan fingerprint density at radius 2 is 1.34 bits per heavy atom. The van der Waals surface area contributed by atoms with Crippen molar-refractivity contribution in [2.24, 2.45) is 10.7 Å². The van der Waals surface area contributed by atoms with Crippen molar-refractivity contribution in [3.05, 3.63) is 106 Å². The fraction of sp³-hybridized carbons (Fsp3) is 0.323. The summed E-state index contributed by atoms with van der Waals surface area (Å²) in [5, 5.41) is 0. The molecule has 0 radical (unpaired) electrons. The van der Waals surface area contributed by atoms with Gasteiger partial charge in [0.1, 0.15) is 5.84 Å². The fourth-order valence-corrected chi connectivity index (χ4v) is 4.92. The summed E-state index contributed by atoms with van der Waals surface area (Å²) in [6.45, 7) is 5.69. The van der Waals surface area contributed by atoms with Gasteiger partial charge in [0, 0.05) is 31.7 Å². The van der Waals surface area contributed by atoms with Gasteiger partial charge in [0.2, 0.25) is 0 Å². The van der Waals surface area contributed by atoms with Gasteiger partial charge in [0.15, 0.2) is 0 Å². The van der Waals surface area contributed by atoms with Gasteiger partial charge in [0.25, 0.3) is 11.8 Å². The number of nitrogens with two attached hydrogens (primary N) is 1. The predicted molar refractivity (Wildman–Crippen MR) is 148 cm³/mol. The molecule has 2 aliphatic heterocycles. The summed E-state index contributed by atoms with van der Waals surface area (Å²) in [6.07, 6.45) is 2.81. The highest BCUT2D eigenvalue weighted by molar-refractivity contribution is 6.21. The van der Waals surface area contributed by atoms with Crippen molar-refractivity contribution in [1.29, 1.82) is 0 Å². The summed E-state index contributed by atoms with van der Waals surface area (Å²) in [5.41, 5.74) is 11.5. The Morgan fingerprint density at radius 1 is 0.789 bits per heavy atom. The lowest BCUT2D eigenvalue weighted by Gasteiger charge is -2.26. The van der Waals surface area contributed by atoms with Crippen LogP contribution >= 0.6 is 0 Å². The monoisotopic (exact) mass is 510 g/mol. The number of hydrogen-bond donors (Lipinski definition) is 1. The smallest absolute Gasteiger partial charge is 0.261 e. The van der Waals surface area contributed by atoms with Gasteiger partial charge in [-0.25, -0.2) is 0 Å². The number of carbonyl (C=O) groups is 2. The van der Waals surface area contributed by atoms with E-state index in [1.54, 1.807) is 24.3 Å². The highest BCUT2D eigenvalue weighted by Gasteiger charge is 2.34. The lowest BCUT2D eigenvalue weighted by molar-refractivity contribution is 0.0377. The number of aryl methyl sites for hydroxylation is 2. The van der Waals surface area contributed by atoms with Crippen LogP contribution in [0, 0.1) is 0 Å². The number of amidine groups is 1. The molecule has 2 amide bonds. The Bertz CT molecular complexity index is 1260. The zero-order chi connectivity index (χ0) is 26.3. The van der Waals surface area contributed by atoms with Crippen LogP contribution in [0.1, 0.15) is 49.4 Å². The van der Waals surface area contributed by atoms with E-state index in [0.717, 1.165) is 69.8 Å². The van der Waals surface area contributed by atoms with Gasteiger partial charge in [-0.3, -0.25) is 24.4 Å². The quantitative estimate of drug-likeness (QED) is 0.195. The minimum absolute atomic E-state index is 0.225. The van der Waals surface area contributed by atoms with Crippen molar-refractivity contribution in [3.8, 4) is 0 Å². The molecule has 2 N–H and O–H groups in total. The molecule has 0 atom stereocenters. The predicted octanol–water partition coefficient (Wildman–Crippen LogP) is 3.70. The first-order chi connectivity index (χ1) is 18.6. The van der Waals surface area contributed by atoms with Crippen LogP contribution in [0.2, 0.25) is 0 Å². The highest BCUT2D eigenvalue weighted by atomic mass is 16.5. The number of hydrogen-bond acceptors (Lipinski definition) is 5. The van der Waals surface area contributed by atoms with E-state index in [9.17, 15) is 9.59 Å². The molecule has 0 aromatic heterocycles. The lowest BCUT2D eigenvalue weighted by atomic mass is 10.0. The topological polar surface area (TPSA) is 88.2 Å². The third-order valence-electron chi connectivity index (χ3n) is 7.21. The Hall–Kier alpha value is -3.81. The van der Waals surface area contributed by atoms with Crippen LogP contribution in [0.25, 0.3) is 0 Å². The van der Waals surface area contributed by atoms with Gasteiger partial charge in [-0.2, -0.15) is 0 Å². The number of morpholine rings is 1. The van der Waals surface area contributed by atoms with E-state index in [1.165, 1.54) is 16.0 Å². The van der Waals surface area contributed by atoms with Gasteiger partial charge >= 0.3 is 0 Å². The van der Waals surface area contributed by atoms with Crippen molar-refractivity contribution in [2.45, 2.75) is 25.8 Å². The highest BCUT2D eigenvalue weighted by Crippen LogP contribution is 2.24. The normalized spacial score (nSPS) is 16.2. The van der Waals surface area contributed by atoms with Crippen LogP contribution in [0.5, 0.6) is 0 Å². The van der Waals surface area contributed by atoms with Crippen molar-refractivity contribution >= 4 is 17.6 Å². The van der Waals surface area contributed by atoms with E-state index in [2.05, 4.69) is 34.2 Å².